The third kappa shape index (κ3) is 4.91. The molecule has 2 rings (SSSR count). The van der Waals surface area contributed by atoms with Crippen LogP contribution in [-0.2, 0) is 11.2 Å². The van der Waals surface area contributed by atoms with E-state index < -0.39 is 0 Å². The fraction of sp³-hybridized carbons (Fsp3) is 0.533. The molecule has 4 nitrogen and oxygen atoms in total. The molecule has 1 fully saturated rings. The van der Waals surface area contributed by atoms with Crippen molar-refractivity contribution in [3.63, 3.8) is 0 Å². The largest absolute Gasteiger partial charge is 0.399 e. The molecule has 1 saturated heterocycles. The summed E-state index contributed by atoms with van der Waals surface area (Å²) in [5.41, 5.74) is 7.37. The van der Waals surface area contributed by atoms with Crippen molar-refractivity contribution in [2.45, 2.75) is 25.7 Å². The summed E-state index contributed by atoms with van der Waals surface area (Å²) in [7, 11) is 0. The zero-order valence-electron chi connectivity index (χ0n) is 11.4. The zero-order chi connectivity index (χ0) is 13.5. The number of nitrogens with two attached hydrogens (primary N) is 1. The molecular weight excluding hydrogens is 238 g/mol. The Balaban J connectivity index is 1.61. The van der Waals surface area contributed by atoms with E-state index in [4.69, 9.17) is 5.73 Å². The Morgan fingerprint density at radius 2 is 2.11 bits per heavy atom. The minimum Gasteiger partial charge on any atom is -0.399 e. The van der Waals surface area contributed by atoms with Crippen molar-refractivity contribution in [2.24, 2.45) is 0 Å². The van der Waals surface area contributed by atoms with Gasteiger partial charge in [0.1, 0.15) is 0 Å². The number of nitrogen functional groups attached to an aromatic ring is 1. The smallest absolute Gasteiger partial charge is 0.224 e. The molecule has 0 aliphatic carbocycles. The van der Waals surface area contributed by atoms with Gasteiger partial charge >= 0.3 is 0 Å². The van der Waals surface area contributed by atoms with Crippen molar-refractivity contribution in [3.05, 3.63) is 29.8 Å². The van der Waals surface area contributed by atoms with E-state index in [0.717, 1.165) is 25.1 Å². The van der Waals surface area contributed by atoms with Crippen molar-refractivity contribution < 1.29 is 4.79 Å². The fourth-order valence-corrected chi connectivity index (χ4v) is 2.49. The first-order valence-corrected chi connectivity index (χ1v) is 7.07. The van der Waals surface area contributed by atoms with Crippen LogP contribution in [0.4, 0.5) is 5.69 Å². The molecule has 0 unspecified atom stereocenters. The van der Waals surface area contributed by atoms with E-state index in [-0.39, 0.29) is 5.91 Å². The van der Waals surface area contributed by atoms with E-state index >= 15 is 0 Å². The van der Waals surface area contributed by atoms with Gasteiger partial charge in [0.15, 0.2) is 0 Å². The monoisotopic (exact) mass is 261 g/mol. The number of amides is 1. The molecule has 1 aliphatic heterocycles. The van der Waals surface area contributed by atoms with Gasteiger partial charge in [-0.25, -0.2) is 0 Å². The van der Waals surface area contributed by atoms with Crippen LogP contribution in [0.1, 0.15) is 24.8 Å². The van der Waals surface area contributed by atoms with Crippen molar-refractivity contribution in [3.8, 4) is 0 Å². The van der Waals surface area contributed by atoms with Gasteiger partial charge in [0, 0.05) is 12.2 Å². The van der Waals surface area contributed by atoms with Gasteiger partial charge < -0.3 is 16.0 Å². The van der Waals surface area contributed by atoms with Gasteiger partial charge in [-0.05, 0) is 56.6 Å². The molecule has 0 bridgehead atoms. The molecule has 1 aromatic rings. The first kappa shape index (κ1) is 13.9. The molecule has 1 aliphatic rings. The summed E-state index contributed by atoms with van der Waals surface area (Å²) in [6, 6.07) is 7.49. The van der Waals surface area contributed by atoms with Crippen molar-refractivity contribution in [1.29, 1.82) is 0 Å². The number of nitrogens with one attached hydrogen (secondary N) is 1. The van der Waals surface area contributed by atoms with Crippen LogP contribution in [0.2, 0.25) is 0 Å². The van der Waals surface area contributed by atoms with Gasteiger partial charge in [0.25, 0.3) is 0 Å². The van der Waals surface area contributed by atoms with Crippen LogP contribution in [0.15, 0.2) is 24.3 Å². The van der Waals surface area contributed by atoms with Crippen LogP contribution in [0.5, 0.6) is 0 Å². The van der Waals surface area contributed by atoms with Crippen LogP contribution < -0.4 is 11.1 Å². The van der Waals surface area contributed by atoms with E-state index in [1.54, 1.807) is 0 Å². The van der Waals surface area contributed by atoms with Crippen LogP contribution in [0.25, 0.3) is 0 Å². The lowest BCUT2D eigenvalue weighted by atomic mass is 10.1. The Hall–Kier alpha value is -1.55. The molecule has 104 valence electrons. The van der Waals surface area contributed by atoms with E-state index in [1.807, 2.05) is 24.3 Å². The van der Waals surface area contributed by atoms with E-state index in [1.165, 1.54) is 25.9 Å². The molecule has 0 atom stereocenters. The number of rotatable bonds is 6. The van der Waals surface area contributed by atoms with Crippen molar-refractivity contribution >= 4 is 11.6 Å². The third-order valence-corrected chi connectivity index (χ3v) is 3.49. The zero-order valence-corrected chi connectivity index (χ0v) is 11.4. The van der Waals surface area contributed by atoms with E-state index in [9.17, 15) is 4.79 Å². The number of hydrogen-bond acceptors (Lipinski definition) is 3. The average molecular weight is 261 g/mol. The summed E-state index contributed by atoms with van der Waals surface area (Å²) >= 11 is 0. The average Bonchev–Trinajstić information content (AvgIpc) is 2.88. The van der Waals surface area contributed by atoms with Gasteiger partial charge in [0.05, 0.1) is 6.42 Å². The van der Waals surface area contributed by atoms with Crippen molar-refractivity contribution in [2.75, 3.05) is 31.9 Å². The Morgan fingerprint density at radius 3 is 2.84 bits per heavy atom. The van der Waals surface area contributed by atoms with Crippen LogP contribution in [0.3, 0.4) is 0 Å². The summed E-state index contributed by atoms with van der Waals surface area (Å²) in [5, 5.41) is 2.97. The molecule has 0 radical (unpaired) electrons. The number of benzene rings is 1. The van der Waals surface area contributed by atoms with Gasteiger partial charge in [-0.3, -0.25) is 4.79 Å². The molecule has 4 heteroatoms. The molecule has 1 amide bonds. The quantitative estimate of drug-likeness (QED) is 0.601. The number of carbonyl (C=O) groups excluding carboxylic acids is 1. The maximum absolute atomic E-state index is 11.8. The second-order valence-corrected chi connectivity index (χ2v) is 5.17. The molecule has 0 spiro atoms. The molecule has 3 N–H and O–H groups in total. The maximum atomic E-state index is 11.8. The topological polar surface area (TPSA) is 58.4 Å². The summed E-state index contributed by atoms with van der Waals surface area (Å²) in [4.78, 5) is 14.2. The highest BCUT2D eigenvalue weighted by atomic mass is 16.1. The molecule has 0 saturated carbocycles. The highest BCUT2D eigenvalue weighted by Crippen LogP contribution is 2.08. The van der Waals surface area contributed by atoms with Crippen LogP contribution >= 0.6 is 0 Å². The van der Waals surface area contributed by atoms with Crippen LogP contribution in [-0.4, -0.2) is 37.0 Å². The second-order valence-electron chi connectivity index (χ2n) is 5.17. The minimum atomic E-state index is 0.0759. The fourth-order valence-electron chi connectivity index (χ4n) is 2.49. The number of anilines is 1. The molecular formula is C15H23N3O. The lowest BCUT2D eigenvalue weighted by Crippen LogP contribution is -2.29. The highest BCUT2D eigenvalue weighted by Gasteiger charge is 2.10. The Morgan fingerprint density at radius 1 is 1.32 bits per heavy atom. The first-order chi connectivity index (χ1) is 9.24. The minimum absolute atomic E-state index is 0.0759. The van der Waals surface area contributed by atoms with Crippen molar-refractivity contribution in [1.82, 2.24) is 10.2 Å². The third-order valence-electron chi connectivity index (χ3n) is 3.49. The number of carbonyl (C=O) groups is 1. The normalized spacial score (nSPS) is 15.6. The van der Waals surface area contributed by atoms with Gasteiger partial charge in [-0.2, -0.15) is 0 Å². The molecule has 0 aromatic heterocycles. The summed E-state index contributed by atoms with van der Waals surface area (Å²) < 4.78 is 0. The molecule has 1 aromatic carbocycles. The SMILES string of the molecule is Nc1cccc(CC(=O)NCCCN2CCCC2)c1. The second kappa shape index (κ2) is 7.14. The predicted octanol–water partition coefficient (Wildman–Crippen LogP) is 1.41. The van der Waals surface area contributed by atoms with E-state index in [0.29, 0.717) is 12.1 Å². The Kier molecular flexibility index (Phi) is 5.21. The van der Waals surface area contributed by atoms with Gasteiger partial charge in [0.2, 0.25) is 5.91 Å². The van der Waals surface area contributed by atoms with Gasteiger partial charge in [-0.1, -0.05) is 12.1 Å². The van der Waals surface area contributed by atoms with Crippen LogP contribution in [0, 0.1) is 0 Å². The number of likely N-dealkylation sites (tertiary alicyclic amines) is 1. The van der Waals surface area contributed by atoms with Gasteiger partial charge in [-0.15, -0.1) is 0 Å². The maximum Gasteiger partial charge on any atom is 0.224 e. The standard InChI is InChI=1S/C15H23N3O/c16-14-6-3-5-13(11-14)12-15(19)17-7-4-10-18-8-1-2-9-18/h3,5-6,11H,1-2,4,7-10,12,16H2,(H,17,19). The molecule has 1 heterocycles. The lowest BCUT2D eigenvalue weighted by Gasteiger charge is -2.14. The summed E-state index contributed by atoms with van der Waals surface area (Å²) in [5.74, 6) is 0.0759. The summed E-state index contributed by atoms with van der Waals surface area (Å²) in [6.07, 6.45) is 4.08. The predicted molar refractivity (Wildman–Crippen MR) is 77.9 cm³/mol. The number of nitrogens with zero attached hydrogens (tertiary/aromatic N) is 1. The lowest BCUT2D eigenvalue weighted by molar-refractivity contribution is -0.120. The number of hydrogen-bond donors (Lipinski definition) is 2. The summed E-state index contributed by atoms with van der Waals surface area (Å²) in [6.45, 7) is 4.30. The highest BCUT2D eigenvalue weighted by molar-refractivity contribution is 5.78. The first-order valence-electron chi connectivity index (χ1n) is 7.07. The molecule has 19 heavy (non-hydrogen) atoms. The Bertz CT molecular complexity index is 414. The Labute approximate surface area is 115 Å². The van der Waals surface area contributed by atoms with E-state index in [2.05, 4.69) is 10.2 Å².